The number of benzene rings is 1. The molecule has 8 nitrogen and oxygen atoms in total. The van der Waals surface area contributed by atoms with Gasteiger partial charge < -0.3 is 30.2 Å². The van der Waals surface area contributed by atoms with Crippen molar-refractivity contribution in [3.63, 3.8) is 0 Å². The highest BCUT2D eigenvalue weighted by molar-refractivity contribution is 14.0. The molecule has 0 aliphatic heterocycles. The molecule has 148 valence electrons. The van der Waals surface area contributed by atoms with Crippen molar-refractivity contribution in [2.75, 3.05) is 47.3 Å². The number of methoxy groups -OCH3 is 3. The van der Waals surface area contributed by atoms with Gasteiger partial charge >= 0.3 is 0 Å². The molecule has 0 aliphatic carbocycles. The van der Waals surface area contributed by atoms with Crippen LogP contribution in [0.2, 0.25) is 0 Å². The molecular formula is C17H29IN4O4. The van der Waals surface area contributed by atoms with Gasteiger partial charge in [-0.3, -0.25) is 9.79 Å². The van der Waals surface area contributed by atoms with Gasteiger partial charge in [-0.1, -0.05) is 0 Å². The van der Waals surface area contributed by atoms with Gasteiger partial charge in [0.05, 0.1) is 26.7 Å². The van der Waals surface area contributed by atoms with E-state index in [0.717, 1.165) is 0 Å². The zero-order valence-corrected chi connectivity index (χ0v) is 18.7. The molecule has 0 unspecified atom stereocenters. The Morgan fingerprint density at radius 3 is 2.04 bits per heavy atom. The van der Waals surface area contributed by atoms with Crippen LogP contribution in [0.1, 0.15) is 13.8 Å². The van der Waals surface area contributed by atoms with E-state index in [0.29, 0.717) is 35.4 Å². The SMILES string of the molecule is CN=C(NCC(C)(C)C(=O)NC)Nc1cc(OC)c(OC)c(OC)c1.I. The van der Waals surface area contributed by atoms with Crippen LogP contribution in [0.4, 0.5) is 5.69 Å². The molecule has 3 N–H and O–H groups in total. The van der Waals surface area contributed by atoms with Crippen molar-refractivity contribution < 1.29 is 19.0 Å². The Labute approximate surface area is 172 Å². The quantitative estimate of drug-likeness (QED) is 0.315. The van der Waals surface area contributed by atoms with E-state index in [1.807, 2.05) is 13.8 Å². The lowest BCUT2D eigenvalue weighted by Gasteiger charge is -2.24. The predicted octanol–water partition coefficient (Wildman–Crippen LogP) is 2.09. The van der Waals surface area contributed by atoms with Crippen molar-refractivity contribution in [3.05, 3.63) is 12.1 Å². The van der Waals surface area contributed by atoms with Crippen molar-refractivity contribution in [3.8, 4) is 17.2 Å². The van der Waals surface area contributed by atoms with Gasteiger partial charge in [-0.15, -0.1) is 24.0 Å². The summed E-state index contributed by atoms with van der Waals surface area (Å²) in [6.45, 7) is 4.12. The summed E-state index contributed by atoms with van der Waals surface area (Å²) in [5.41, 5.74) is 0.127. The number of hydrogen-bond acceptors (Lipinski definition) is 5. The first-order valence-corrected chi connectivity index (χ1v) is 7.82. The van der Waals surface area contributed by atoms with Crippen molar-refractivity contribution in [2.24, 2.45) is 10.4 Å². The third-order valence-corrected chi connectivity index (χ3v) is 3.69. The minimum Gasteiger partial charge on any atom is -0.493 e. The molecule has 0 saturated carbocycles. The Balaban J connectivity index is 0.00000625. The summed E-state index contributed by atoms with van der Waals surface area (Å²) < 4.78 is 16.0. The summed E-state index contributed by atoms with van der Waals surface area (Å²) in [4.78, 5) is 16.0. The van der Waals surface area contributed by atoms with Crippen LogP contribution in [0.5, 0.6) is 17.2 Å². The number of halogens is 1. The minimum atomic E-state index is -0.582. The highest BCUT2D eigenvalue weighted by Gasteiger charge is 2.26. The number of aliphatic imine (C=N–C) groups is 1. The first-order valence-electron chi connectivity index (χ1n) is 7.82. The molecule has 0 radical (unpaired) electrons. The number of amides is 1. The zero-order valence-electron chi connectivity index (χ0n) is 16.4. The average molecular weight is 480 g/mol. The molecule has 0 bridgehead atoms. The number of guanidine groups is 1. The Morgan fingerprint density at radius 1 is 1.12 bits per heavy atom. The highest BCUT2D eigenvalue weighted by atomic mass is 127. The summed E-state index contributed by atoms with van der Waals surface area (Å²) >= 11 is 0. The van der Waals surface area contributed by atoms with Crippen LogP contribution in [0.3, 0.4) is 0 Å². The van der Waals surface area contributed by atoms with Crippen molar-refractivity contribution in [1.82, 2.24) is 10.6 Å². The number of carbonyl (C=O) groups excluding carboxylic acids is 1. The lowest BCUT2D eigenvalue weighted by Crippen LogP contribution is -2.45. The Bertz CT molecular complexity index is 610. The Hall–Kier alpha value is -1.91. The smallest absolute Gasteiger partial charge is 0.227 e. The van der Waals surface area contributed by atoms with Gasteiger partial charge in [-0.25, -0.2) is 0 Å². The number of ether oxygens (including phenoxy) is 3. The monoisotopic (exact) mass is 480 g/mol. The second-order valence-corrected chi connectivity index (χ2v) is 5.93. The van der Waals surface area contributed by atoms with Crippen LogP contribution in [-0.4, -0.2) is 53.8 Å². The third kappa shape index (κ3) is 6.11. The van der Waals surface area contributed by atoms with Crippen LogP contribution < -0.4 is 30.2 Å². The average Bonchev–Trinajstić information content (AvgIpc) is 2.63. The lowest BCUT2D eigenvalue weighted by atomic mass is 9.92. The van der Waals surface area contributed by atoms with Crippen LogP contribution in [-0.2, 0) is 4.79 Å². The molecule has 0 fully saturated rings. The van der Waals surface area contributed by atoms with Gasteiger partial charge in [-0.2, -0.15) is 0 Å². The molecule has 0 atom stereocenters. The van der Waals surface area contributed by atoms with E-state index in [-0.39, 0.29) is 29.9 Å². The molecule has 26 heavy (non-hydrogen) atoms. The molecule has 1 aromatic carbocycles. The molecular weight excluding hydrogens is 451 g/mol. The number of carbonyl (C=O) groups is 1. The maximum atomic E-state index is 11.9. The Kier molecular flexibility index (Phi) is 10.1. The predicted molar refractivity (Wildman–Crippen MR) is 114 cm³/mol. The van der Waals surface area contributed by atoms with Crippen LogP contribution in [0, 0.1) is 5.41 Å². The topological polar surface area (TPSA) is 93.2 Å². The molecule has 0 spiro atoms. The normalized spacial score (nSPS) is 11.1. The highest BCUT2D eigenvalue weighted by Crippen LogP contribution is 2.39. The van der Waals surface area contributed by atoms with Gasteiger partial charge in [0.2, 0.25) is 11.7 Å². The van der Waals surface area contributed by atoms with Crippen LogP contribution >= 0.6 is 24.0 Å². The van der Waals surface area contributed by atoms with E-state index in [1.165, 1.54) is 0 Å². The van der Waals surface area contributed by atoms with Gasteiger partial charge in [-0.05, 0) is 13.8 Å². The Morgan fingerprint density at radius 2 is 1.65 bits per heavy atom. The van der Waals surface area contributed by atoms with Gasteiger partial charge in [0, 0.05) is 38.5 Å². The fraction of sp³-hybridized carbons (Fsp3) is 0.529. The largest absolute Gasteiger partial charge is 0.493 e. The summed E-state index contributed by atoms with van der Waals surface area (Å²) in [6, 6.07) is 3.55. The van der Waals surface area contributed by atoms with Gasteiger partial charge in [0.1, 0.15) is 0 Å². The maximum Gasteiger partial charge on any atom is 0.227 e. The van der Waals surface area contributed by atoms with Crippen molar-refractivity contribution in [2.45, 2.75) is 13.8 Å². The summed E-state index contributed by atoms with van der Waals surface area (Å²) in [6.07, 6.45) is 0. The second-order valence-electron chi connectivity index (χ2n) is 5.93. The van der Waals surface area contributed by atoms with E-state index in [1.54, 1.807) is 47.6 Å². The van der Waals surface area contributed by atoms with E-state index in [4.69, 9.17) is 14.2 Å². The van der Waals surface area contributed by atoms with E-state index in [2.05, 4.69) is 20.9 Å². The van der Waals surface area contributed by atoms with Crippen molar-refractivity contribution in [1.29, 1.82) is 0 Å². The van der Waals surface area contributed by atoms with Gasteiger partial charge in [0.15, 0.2) is 17.5 Å². The first-order chi connectivity index (χ1) is 11.8. The third-order valence-electron chi connectivity index (χ3n) is 3.69. The van der Waals surface area contributed by atoms with E-state index < -0.39 is 5.41 Å². The zero-order chi connectivity index (χ0) is 19.0. The summed E-state index contributed by atoms with van der Waals surface area (Å²) in [5.74, 6) is 2.05. The number of hydrogen-bond donors (Lipinski definition) is 3. The molecule has 1 aromatic rings. The minimum absolute atomic E-state index is 0. The lowest BCUT2D eigenvalue weighted by molar-refractivity contribution is -0.128. The number of rotatable bonds is 7. The molecule has 1 rings (SSSR count). The molecule has 0 saturated heterocycles. The molecule has 1 amide bonds. The number of anilines is 1. The molecule has 9 heteroatoms. The summed E-state index contributed by atoms with van der Waals surface area (Å²) in [7, 11) is 7.93. The van der Waals surface area contributed by atoms with Crippen molar-refractivity contribution >= 4 is 41.5 Å². The first kappa shape index (κ1) is 24.1. The standard InChI is InChI=1S/C17H28N4O4.HI/c1-17(2,15(22)18-3)10-20-16(19-4)21-11-8-12(23-5)14(25-7)13(9-11)24-6;/h8-9H,10H2,1-7H3,(H,18,22)(H2,19,20,21);1H. The second kappa shape index (κ2) is 10.9. The van der Waals surface area contributed by atoms with E-state index in [9.17, 15) is 4.79 Å². The fourth-order valence-electron chi connectivity index (χ4n) is 2.19. The molecule has 0 heterocycles. The fourth-order valence-corrected chi connectivity index (χ4v) is 2.19. The van der Waals surface area contributed by atoms with Crippen LogP contribution in [0.15, 0.2) is 17.1 Å². The number of nitrogens with zero attached hydrogens (tertiary/aromatic N) is 1. The van der Waals surface area contributed by atoms with E-state index >= 15 is 0 Å². The van der Waals surface area contributed by atoms with Gasteiger partial charge in [0.25, 0.3) is 0 Å². The summed E-state index contributed by atoms with van der Waals surface area (Å²) in [5, 5.41) is 8.95. The number of nitrogens with one attached hydrogen (secondary N) is 3. The molecule has 0 aliphatic rings. The van der Waals surface area contributed by atoms with Crippen LogP contribution in [0.25, 0.3) is 0 Å². The maximum absolute atomic E-state index is 11.9. The molecule has 0 aromatic heterocycles.